The SMILES string of the molecule is CC(C)(Oc1ccc(CNC(=O)c2cccc(Cl)c2)cc1)C(=O)O. The second-order valence-corrected chi connectivity index (χ2v) is 6.19. The summed E-state index contributed by atoms with van der Waals surface area (Å²) in [6.07, 6.45) is 0. The Labute approximate surface area is 145 Å². The summed E-state index contributed by atoms with van der Waals surface area (Å²) < 4.78 is 5.42. The number of amides is 1. The first-order chi connectivity index (χ1) is 11.3. The quantitative estimate of drug-likeness (QED) is 0.838. The van der Waals surface area contributed by atoms with Crippen LogP contribution in [0, 0.1) is 0 Å². The number of carboxylic acids is 1. The zero-order valence-electron chi connectivity index (χ0n) is 13.4. The normalized spacial score (nSPS) is 11.0. The molecular weight excluding hydrogens is 330 g/mol. The van der Waals surface area contributed by atoms with Crippen LogP contribution in [0.5, 0.6) is 5.75 Å². The van der Waals surface area contributed by atoms with E-state index < -0.39 is 11.6 Å². The Morgan fingerprint density at radius 3 is 2.42 bits per heavy atom. The lowest BCUT2D eigenvalue weighted by atomic mass is 10.1. The average molecular weight is 348 g/mol. The molecule has 2 aromatic rings. The molecule has 24 heavy (non-hydrogen) atoms. The van der Waals surface area contributed by atoms with E-state index in [2.05, 4.69) is 5.32 Å². The van der Waals surface area contributed by atoms with Crippen LogP contribution in [0.2, 0.25) is 5.02 Å². The summed E-state index contributed by atoms with van der Waals surface area (Å²) in [5.41, 5.74) is 0.0546. The van der Waals surface area contributed by atoms with Gasteiger partial charge in [-0.25, -0.2) is 4.79 Å². The van der Waals surface area contributed by atoms with Gasteiger partial charge in [-0.15, -0.1) is 0 Å². The number of carbonyl (C=O) groups excluding carboxylic acids is 1. The fourth-order valence-corrected chi connectivity index (χ4v) is 2.12. The van der Waals surface area contributed by atoms with Gasteiger partial charge in [-0.2, -0.15) is 0 Å². The highest BCUT2D eigenvalue weighted by atomic mass is 35.5. The molecule has 0 spiro atoms. The molecule has 2 rings (SSSR count). The average Bonchev–Trinajstić information content (AvgIpc) is 2.53. The molecule has 0 unspecified atom stereocenters. The second-order valence-electron chi connectivity index (χ2n) is 5.75. The molecule has 0 atom stereocenters. The zero-order valence-corrected chi connectivity index (χ0v) is 14.1. The van der Waals surface area contributed by atoms with Gasteiger partial charge in [-0.1, -0.05) is 29.8 Å². The minimum Gasteiger partial charge on any atom is -0.478 e. The van der Waals surface area contributed by atoms with Crippen molar-refractivity contribution in [1.29, 1.82) is 0 Å². The van der Waals surface area contributed by atoms with Gasteiger partial charge in [0.15, 0.2) is 5.60 Å². The van der Waals surface area contributed by atoms with Crippen LogP contribution in [0.1, 0.15) is 29.8 Å². The number of benzene rings is 2. The number of aliphatic carboxylic acids is 1. The van der Waals surface area contributed by atoms with E-state index >= 15 is 0 Å². The molecule has 5 nitrogen and oxygen atoms in total. The molecule has 2 N–H and O–H groups in total. The molecule has 2 aromatic carbocycles. The van der Waals surface area contributed by atoms with Crippen LogP contribution in [0.4, 0.5) is 0 Å². The largest absolute Gasteiger partial charge is 0.478 e. The van der Waals surface area contributed by atoms with Crippen LogP contribution in [-0.4, -0.2) is 22.6 Å². The maximum atomic E-state index is 12.0. The van der Waals surface area contributed by atoms with Crippen molar-refractivity contribution in [1.82, 2.24) is 5.32 Å². The first kappa shape index (κ1) is 17.8. The summed E-state index contributed by atoms with van der Waals surface area (Å²) in [4.78, 5) is 23.1. The van der Waals surface area contributed by atoms with Gasteiger partial charge in [0, 0.05) is 17.1 Å². The van der Waals surface area contributed by atoms with Crippen molar-refractivity contribution in [3.63, 3.8) is 0 Å². The molecule has 0 fully saturated rings. The van der Waals surface area contributed by atoms with Gasteiger partial charge < -0.3 is 15.2 Å². The number of hydrogen-bond donors (Lipinski definition) is 2. The third kappa shape index (κ3) is 4.73. The summed E-state index contributed by atoms with van der Waals surface area (Å²) in [7, 11) is 0. The van der Waals surface area contributed by atoms with Gasteiger partial charge >= 0.3 is 5.97 Å². The number of carbonyl (C=O) groups is 2. The summed E-state index contributed by atoms with van der Waals surface area (Å²) in [5.74, 6) is -0.808. The first-order valence-corrected chi connectivity index (χ1v) is 7.71. The van der Waals surface area contributed by atoms with Crippen molar-refractivity contribution in [3.8, 4) is 5.75 Å². The van der Waals surface area contributed by atoms with E-state index in [4.69, 9.17) is 21.4 Å². The number of ether oxygens (including phenoxy) is 1. The predicted molar refractivity (Wildman–Crippen MR) is 91.4 cm³/mol. The van der Waals surface area contributed by atoms with E-state index in [0.717, 1.165) is 5.56 Å². The van der Waals surface area contributed by atoms with E-state index in [1.165, 1.54) is 13.8 Å². The zero-order chi connectivity index (χ0) is 17.7. The molecule has 0 heterocycles. The van der Waals surface area contributed by atoms with Crippen molar-refractivity contribution in [2.45, 2.75) is 26.0 Å². The van der Waals surface area contributed by atoms with Gasteiger partial charge in [-0.3, -0.25) is 4.79 Å². The number of halogens is 1. The van der Waals surface area contributed by atoms with Crippen molar-refractivity contribution in [2.75, 3.05) is 0 Å². The van der Waals surface area contributed by atoms with Crippen LogP contribution in [-0.2, 0) is 11.3 Å². The molecule has 126 valence electrons. The Balaban J connectivity index is 1.95. The maximum absolute atomic E-state index is 12.0. The van der Waals surface area contributed by atoms with Crippen LogP contribution in [0.15, 0.2) is 48.5 Å². The topological polar surface area (TPSA) is 75.6 Å². The smallest absolute Gasteiger partial charge is 0.347 e. The Bertz CT molecular complexity index is 741. The molecule has 1 amide bonds. The van der Waals surface area contributed by atoms with Crippen molar-refractivity contribution >= 4 is 23.5 Å². The van der Waals surface area contributed by atoms with Crippen LogP contribution < -0.4 is 10.1 Å². The Kier molecular flexibility index (Phi) is 5.46. The fourth-order valence-electron chi connectivity index (χ4n) is 1.93. The van der Waals surface area contributed by atoms with Gasteiger partial charge in [0.25, 0.3) is 5.91 Å². The minimum atomic E-state index is -1.30. The maximum Gasteiger partial charge on any atom is 0.347 e. The third-order valence-electron chi connectivity index (χ3n) is 3.35. The number of carboxylic acid groups (broad SMARTS) is 1. The molecule has 0 aliphatic heterocycles. The highest BCUT2D eigenvalue weighted by molar-refractivity contribution is 6.30. The molecule has 0 radical (unpaired) electrons. The number of hydrogen-bond acceptors (Lipinski definition) is 3. The summed E-state index contributed by atoms with van der Waals surface area (Å²) in [5, 5.41) is 12.3. The lowest BCUT2D eigenvalue weighted by molar-refractivity contribution is -0.152. The van der Waals surface area contributed by atoms with Gasteiger partial charge in [0.05, 0.1) is 0 Å². The van der Waals surface area contributed by atoms with Crippen LogP contribution in [0.3, 0.4) is 0 Å². The fraction of sp³-hybridized carbons (Fsp3) is 0.222. The lowest BCUT2D eigenvalue weighted by Gasteiger charge is -2.21. The highest BCUT2D eigenvalue weighted by Gasteiger charge is 2.29. The Morgan fingerprint density at radius 1 is 1.17 bits per heavy atom. The summed E-state index contributed by atoms with van der Waals surface area (Å²) in [6, 6.07) is 13.6. The van der Waals surface area contributed by atoms with E-state index in [0.29, 0.717) is 22.9 Å². The van der Waals surface area contributed by atoms with E-state index in [1.54, 1.807) is 48.5 Å². The summed E-state index contributed by atoms with van der Waals surface area (Å²) >= 11 is 5.86. The molecule has 0 aromatic heterocycles. The van der Waals surface area contributed by atoms with Crippen LogP contribution in [0.25, 0.3) is 0 Å². The monoisotopic (exact) mass is 347 g/mol. The highest BCUT2D eigenvalue weighted by Crippen LogP contribution is 2.19. The molecular formula is C18H18ClNO4. The molecule has 0 saturated carbocycles. The predicted octanol–water partition coefficient (Wildman–Crippen LogP) is 3.51. The van der Waals surface area contributed by atoms with Crippen molar-refractivity contribution in [3.05, 3.63) is 64.7 Å². The molecule has 0 bridgehead atoms. The Hall–Kier alpha value is -2.53. The molecule has 0 aliphatic rings. The lowest BCUT2D eigenvalue weighted by Crippen LogP contribution is -2.37. The van der Waals surface area contributed by atoms with E-state index in [9.17, 15) is 9.59 Å². The first-order valence-electron chi connectivity index (χ1n) is 7.33. The van der Waals surface area contributed by atoms with Crippen LogP contribution >= 0.6 is 11.6 Å². The van der Waals surface area contributed by atoms with Gasteiger partial charge in [0.2, 0.25) is 0 Å². The standard InChI is InChI=1S/C18H18ClNO4/c1-18(2,17(22)23)24-15-8-6-12(7-9-15)11-20-16(21)13-4-3-5-14(19)10-13/h3-10H,11H2,1-2H3,(H,20,21)(H,22,23). The molecule has 0 aliphatic carbocycles. The van der Waals surface area contributed by atoms with Crippen molar-refractivity contribution < 1.29 is 19.4 Å². The molecule has 6 heteroatoms. The number of rotatable bonds is 6. The Morgan fingerprint density at radius 2 is 1.83 bits per heavy atom. The summed E-state index contributed by atoms with van der Waals surface area (Å²) in [6.45, 7) is 3.30. The van der Waals surface area contributed by atoms with Gasteiger partial charge in [0.1, 0.15) is 5.75 Å². The molecule has 0 saturated heterocycles. The van der Waals surface area contributed by atoms with E-state index in [-0.39, 0.29) is 5.91 Å². The second kappa shape index (κ2) is 7.36. The number of nitrogens with one attached hydrogen (secondary N) is 1. The van der Waals surface area contributed by atoms with Crippen molar-refractivity contribution in [2.24, 2.45) is 0 Å². The minimum absolute atomic E-state index is 0.218. The van der Waals surface area contributed by atoms with E-state index in [1.807, 2.05) is 0 Å². The van der Waals surface area contributed by atoms with Gasteiger partial charge in [-0.05, 0) is 49.7 Å². The third-order valence-corrected chi connectivity index (χ3v) is 3.59.